The number of methoxy groups -OCH3 is 1. The van der Waals surface area contributed by atoms with E-state index in [-0.39, 0.29) is 5.97 Å². The molecule has 1 heterocycles. The summed E-state index contributed by atoms with van der Waals surface area (Å²) in [6.07, 6.45) is 4.75. The van der Waals surface area contributed by atoms with Gasteiger partial charge in [0.05, 0.1) is 12.7 Å². The summed E-state index contributed by atoms with van der Waals surface area (Å²) in [6, 6.07) is 1.89. The van der Waals surface area contributed by atoms with E-state index < -0.39 is 5.79 Å². The number of carbonyl (C=O) groups is 1. The van der Waals surface area contributed by atoms with Gasteiger partial charge in [-0.25, -0.2) is 4.79 Å². The number of ether oxygens (including phenoxy) is 3. The van der Waals surface area contributed by atoms with Crippen molar-refractivity contribution in [2.24, 2.45) is 5.92 Å². The van der Waals surface area contributed by atoms with Gasteiger partial charge in [0.25, 0.3) is 5.79 Å². The normalized spacial score (nSPS) is 24.8. The Labute approximate surface area is 150 Å². The van der Waals surface area contributed by atoms with Crippen molar-refractivity contribution in [3.8, 4) is 11.5 Å². The molecule has 5 heteroatoms. The second-order valence-electron chi connectivity index (χ2n) is 7.53. The summed E-state index contributed by atoms with van der Waals surface area (Å²) >= 11 is 0. The maximum Gasteiger partial charge on any atom is 0.338 e. The van der Waals surface area contributed by atoms with E-state index in [4.69, 9.17) is 14.2 Å². The van der Waals surface area contributed by atoms with Gasteiger partial charge in [0.15, 0.2) is 11.5 Å². The van der Waals surface area contributed by atoms with Crippen LogP contribution in [0.5, 0.6) is 11.5 Å². The summed E-state index contributed by atoms with van der Waals surface area (Å²) in [4.78, 5) is 14.3. The lowest BCUT2D eigenvalue weighted by atomic mass is 9.85. The van der Waals surface area contributed by atoms with Crippen LogP contribution in [0, 0.1) is 12.8 Å². The van der Waals surface area contributed by atoms with Gasteiger partial charge in [-0.2, -0.15) is 0 Å². The number of rotatable bonds is 4. The van der Waals surface area contributed by atoms with Crippen molar-refractivity contribution < 1.29 is 19.0 Å². The fourth-order valence-electron chi connectivity index (χ4n) is 4.02. The van der Waals surface area contributed by atoms with Crippen LogP contribution in [0.15, 0.2) is 6.07 Å². The molecule has 5 nitrogen and oxygen atoms in total. The number of benzene rings is 1. The van der Waals surface area contributed by atoms with E-state index in [1.807, 2.05) is 13.0 Å². The third-order valence-electron chi connectivity index (χ3n) is 5.41. The van der Waals surface area contributed by atoms with Crippen molar-refractivity contribution >= 4 is 5.97 Å². The molecule has 1 spiro atoms. The summed E-state index contributed by atoms with van der Waals surface area (Å²) in [7, 11) is 5.65. The molecule has 138 valence electrons. The number of fused-ring (bicyclic) bond motifs is 1. The van der Waals surface area contributed by atoms with Crippen molar-refractivity contribution in [3.63, 3.8) is 0 Å². The third kappa shape index (κ3) is 3.34. The molecule has 1 aromatic rings. The number of hydrogen-bond donors (Lipinski definition) is 0. The Balaban J connectivity index is 1.85. The zero-order chi connectivity index (χ0) is 18.2. The molecule has 3 rings (SSSR count). The van der Waals surface area contributed by atoms with Crippen LogP contribution in [-0.4, -0.2) is 44.4 Å². The Morgan fingerprint density at radius 3 is 2.48 bits per heavy atom. The van der Waals surface area contributed by atoms with Gasteiger partial charge in [0.1, 0.15) is 0 Å². The van der Waals surface area contributed by atoms with Gasteiger partial charge in [-0.05, 0) is 57.8 Å². The molecule has 0 N–H and O–H groups in total. The van der Waals surface area contributed by atoms with E-state index in [1.165, 1.54) is 7.11 Å². The molecule has 0 unspecified atom stereocenters. The Hall–Kier alpha value is -1.75. The molecule has 1 saturated carbocycles. The van der Waals surface area contributed by atoms with E-state index in [0.29, 0.717) is 11.5 Å². The molecule has 0 saturated heterocycles. The summed E-state index contributed by atoms with van der Waals surface area (Å²) < 4.78 is 17.7. The highest BCUT2D eigenvalue weighted by atomic mass is 16.7. The quantitative estimate of drug-likeness (QED) is 0.780. The first-order valence-electron chi connectivity index (χ1n) is 9.16. The first-order valence-corrected chi connectivity index (χ1v) is 9.16. The van der Waals surface area contributed by atoms with Crippen molar-refractivity contribution in [1.29, 1.82) is 0 Å². The average molecular weight is 347 g/mol. The molecule has 1 aliphatic heterocycles. The Bertz CT molecular complexity index is 660. The van der Waals surface area contributed by atoms with Crippen LogP contribution in [0.2, 0.25) is 0 Å². The molecule has 25 heavy (non-hydrogen) atoms. The van der Waals surface area contributed by atoms with Gasteiger partial charge in [0, 0.05) is 24.9 Å². The molecule has 1 aliphatic carbocycles. The smallest absolute Gasteiger partial charge is 0.338 e. The lowest BCUT2D eigenvalue weighted by Gasteiger charge is -2.36. The Kier molecular flexibility index (Phi) is 4.96. The number of hydrogen-bond acceptors (Lipinski definition) is 5. The van der Waals surface area contributed by atoms with Crippen LogP contribution in [-0.2, 0) is 11.2 Å². The SMILES string of the molecule is CCc1cc(C(=O)OC)c(C)c2c1OC1(CCC(CN(C)C)CC1)O2. The fourth-order valence-corrected chi connectivity index (χ4v) is 4.02. The van der Waals surface area contributed by atoms with Gasteiger partial charge in [-0.3, -0.25) is 0 Å². The van der Waals surface area contributed by atoms with E-state index in [1.54, 1.807) is 0 Å². The number of aryl methyl sites for hydroxylation is 1. The van der Waals surface area contributed by atoms with Crippen LogP contribution in [0.4, 0.5) is 0 Å². The van der Waals surface area contributed by atoms with Crippen LogP contribution in [0.3, 0.4) is 0 Å². The van der Waals surface area contributed by atoms with Crippen molar-refractivity contribution in [3.05, 3.63) is 22.8 Å². The van der Waals surface area contributed by atoms with Gasteiger partial charge in [-0.1, -0.05) is 6.92 Å². The lowest BCUT2D eigenvalue weighted by Crippen LogP contribution is -2.43. The maximum atomic E-state index is 12.1. The first-order chi connectivity index (χ1) is 11.9. The minimum Gasteiger partial charge on any atom is -0.465 e. The second kappa shape index (κ2) is 6.87. The molecule has 0 aromatic heterocycles. The van der Waals surface area contributed by atoms with Gasteiger partial charge in [-0.15, -0.1) is 0 Å². The minimum atomic E-state index is -0.561. The fraction of sp³-hybridized carbons (Fsp3) is 0.650. The molecule has 1 fully saturated rings. The van der Waals surface area contributed by atoms with Crippen LogP contribution >= 0.6 is 0 Å². The molecule has 0 radical (unpaired) electrons. The summed E-state index contributed by atoms with van der Waals surface area (Å²) in [6.45, 7) is 5.08. The Morgan fingerprint density at radius 1 is 1.28 bits per heavy atom. The first kappa shape index (κ1) is 18.1. The Morgan fingerprint density at radius 2 is 1.92 bits per heavy atom. The predicted octanol–water partition coefficient (Wildman–Crippen LogP) is 3.56. The molecule has 0 bridgehead atoms. The van der Waals surface area contributed by atoms with Gasteiger partial charge < -0.3 is 19.1 Å². The molecule has 0 atom stereocenters. The standard InChI is InChI=1S/C20H29NO4/c1-6-15-11-16(19(22)23-5)13(2)17-18(15)25-20(24-17)9-7-14(8-10-20)12-21(3)4/h11,14H,6-10,12H2,1-5H3. The van der Waals surface area contributed by atoms with Crippen molar-refractivity contribution in [2.45, 2.75) is 51.7 Å². The van der Waals surface area contributed by atoms with E-state index in [0.717, 1.165) is 61.3 Å². The number of nitrogens with zero attached hydrogens (tertiary/aromatic N) is 1. The maximum absolute atomic E-state index is 12.1. The summed E-state index contributed by atoms with van der Waals surface area (Å²) in [5.41, 5.74) is 2.39. The molecule has 1 aromatic carbocycles. The second-order valence-corrected chi connectivity index (χ2v) is 7.53. The minimum absolute atomic E-state index is 0.325. The highest BCUT2D eigenvalue weighted by Crippen LogP contribution is 2.50. The molecule has 2 aliphatic rings. The number of esters is 1. The van der Waals surface area contributed by atoms with Crippen LogP contribution in [0.1, 0.15) is 54.1 Å². The van der Waals surface area contributed by atoms with Crippen molar-refractivity contribution in [1.82, 2.24) is 4.90 Å². The van der Waals surface area contributed by atoms with Crippen molar-refractivity contribution in [2.75, 3.05) is 27.7 Å². The van der Waals surface area contributed by atoms with E-state index >= 15 is 0 Å². The summed E-state index contributed by atoms with van der Waals surface area (Å²) in [5, 5.41) is 0. The topological polar surface area (TPSA) is 48.0 Å². The highest BCUT2D eigenvalue weighted by molar-refractivity contribution is 5.92. The largest absolute Gasteiger partial charge is 0.465 e. The van der Waals surface area contributed by atoms with Gasteiger partial charge >= 0.3 is 5.97 Å². The summed E-state index contributed by atoms with van der Waals surface area (Å²) in [5.74, 6) is 1.35. The van der Waals surface area contributed by atoms with Crippen LogP contribution < -0.4 is 9.47 Å². The monoisotopic (exact) mass is 347 g/mol. The lowest BCUT2D eigenvalue weighted by molar-refractivity contribution is -0.115. The molecular weight excluding hydrogens is 318 g/mol. The predicted molar refractivity (Wildman–Crippen MR) is 96.4 cm³/mol. The van der Waals surface area contributed by atoms with E-state index in [2.05, 4.69) is 25.9 Å². The zero-order valence-electron chi connectivity index (χ0n) is 16.0. The molecular formula is C20H29NO4. The average Bonchev–Trinajstić information content (AvgIpc) is 2.96. The van der Waals surface area contributed by atoms with Crippen LogP contribution in [0.25, 0.3) is 0 Å². The highest BCUT2D eigenvalue weighted by Gasteiger charge is 2.46. The number of carbonyl (C=O) groups excluding carboxylic acids is 1. The molecule has 0 amide bonds. The zero-order valence-corrected chi connectivity index (χ0v) is 16.0. The van der Waals surface area contributed by atoms with Gasteiger partial charge in [0.2, 0.25) is 0 Å². The van der Waals surface area contributed by atoms with E-state index in [9.17, 15) is 4.79 Å². The third-order valence-corrected chi connectivity index (χ3v) is 5.41.